The Morgan fingerprint density at radius 2 is 2.17 bits per heavy atom. The monoisotopic (exact) mass is 350 g/mol. The molecule has 0 saturated carbocycles. The van der Waals surface area contributed by atoms with Gasteiger partial charge in [0.2, 0.25) is 0 Å². The molecule has 0 spiro atoms. The summed E-state index contributed by atoms with van der Waals surface area (Å²) in [5, 5.41) is 2.80. The highest BCUT2D eigenvalue weighted by Crippen LogP contribution is 2.21. The number of nitrogens with zero attached hydrogens (tertiary/aromatic N) is 1. The number of nitrogens with one attached hydrogen (secondary N) is 1. The Bertz CT molecular complexity index is 633. The zero-order valence-corrected chi connectivity index (χ0v) is 14.8. The number of para-hydroxylation sites is 1. The number of amides is 2. The normalized spacial score (nSPS) is 13.9. The molecule has 1 fully saturated rings. The lowest BCUT2D eigenvalue weighted by Gasteiger charge is -2.14. The summed E-state index contributed by atoms with van der Waals surface area (Å²) in [6.45, 7) is 4.61. The lowest BCUT2D eigenvalue weighted by molar-refractivity contribution is -0.147. The molecule has 0 radical (unpaired) electrons. The summed E-state index contributed by atoms with van der Waals surface area (Å²) in [4.78, 5) is 36.7. The molecule has 0 unspecified atom stereocenters. The summed E-state index contributed by atoms with van der Waals surface area (Å²) in [5.74, 6) is -0.0811. The van der Waals surface area contributed by atoms with E-state index in [2.05, 4.69) is 5.32 Å². The van der Waals surface area contributed by atoms with Crippen LogP contribution in [-0.4, -0.2) is 47.5 Å². The molecule has 1 aliphatic heterocycles. The van der Waals surface area contributed by atoms with Crippen LogP contribution in [0.1, 0.15) is 24.5 Å². The molecular weight excluding hydrogens is 328 g/mol. The Hall–Kier alpha value is -2.02. The van der Waals surface area contributed by atoms with Gasteiger partial charge in [-0.3, -0.25) is 14.4 Å². The Balaban J connectivity index is 1.77. The van der Waals surface area contributed by atoms with Crippen molar-refractivity contribution in [3.05, 3.63) is 29.3 Å². The Kier molecular flexibility index (Phi) is 6.66. The van der Waals surface area contributed by atoms with Gasteiger partial charge in [0.25, 0.3) is 11.1 Å². The SMILES string of the molecule is CCc1cccc(C)c1NC(=O)COC(=O)CCN1CCSC1=O. The highest BCUT2D eigenvalue weighted by atomic mass is 32.2. The van der Waals surface area contributed by atoms with Crippen molar-refractivity contribution in [2.75, 3.05) is 30.8 Å². The molecule has 1 aromatic rings. The maximum absolute atomic E-state index is 12.0. The highest BCUT2D eigenvalue weighted by Gasteiger charge is 2.21. The third kappa shape index (κ3) is 4.99. The lowest BCUT2D eigenvalue weighted by atomic mass is 10.1. The molecule has 0 atom stereocenters. The van der Waals surface area contributed by atoms with Crippen molar-refractivity contribution in [1.82, 2.24) is 4.90 Å². The van der Waals surface area contributed by atoms with Gasteiger partial charge in [-0.05, 0) is 24.5 Å². The number of rotatable bonds is 7. The Labute approximate surface area is 145 Å². The third-order valence-corrected chi connectivity index (χ3v) is 4.69. The number of esters is 1. The van der Waals surface area contributed by atoms with Crippen LogP contribution in [-0.2, 0) is 20.7 Å². The van der Waals surface area contributed by atoms with E-state index in [1.54, 1.807) is 4.90 Å². The molecule has 0 aliphatic carbocycles. The summed E-state index contributed by atoms with van der Waals surface area (Å²) in [6.07, 6.45) is 0.906. The van der Waals surface area contributed by atoms with Crippen LogP contribution >= 0.6 is 11.8 Å². The smallest absolute Gasteiger partial charge is 0.308 e. The first-order valence-electron chi connectivity index (χ1n) is 7.97. The van der Waals surface area contributed by atoms with Crippen molar-refractivity contribution in [1.29, 1.82) is 0 Å². The number of aryl methyl sites for hydroxylation is 2. The number of anilines is 1. The van der Waals surface area contributed by atoms with E-state index in [1.807, 2.05) is 32.0 Å². The molecule has 0 bridgehead atoms. The summed E-state index contributed by atoms with van der Waals surface area (Å²) >= 11 is 1.25. The summed E-state index contributed by atoms with van der Waals surface area (Å²) < 4.78 is 4.99. The number of carbonyl (C=O) groups excluding carboxylic acids is 3. The Morgan fingerprint density at radius 3 is 2.83 bits per heavy atom. The number of ether oxygens (including phenoxy) is 1. The predicted molar refractivity (Wildman–Crippen MR) is 94.2 cm³/mol. The average molecular weight is 350 g/mol. The van der Waals surface area contributed by atoms with Gasteiger partial charge >= 0.3 is 5.97 Å². The first kappa shape index (κ1) is 18.3. The van der Waals surface area contributed by atoms with Gasteiger partial charge in [-0.2, -0.15) is 0 Å². The fourth-order valence-electron chi connectivity index (χ4n) is 2.45. The van der Waals surface area contributed by atoms with E-state index in [0.29, 0.717) is 13.1 Å². The summed E-state index contributed by atoms with van der Waals surface area (Å²) in [6, 6.07) is 5.83. The topological polar surface area (TPSA) is 75.7 Å². The minimum atomic E-state index is -0.477. The molecule has 1 aliphatic rings. The molecule has 1 N–H and O–H groups in total. The van der Waals surface area contributed by atoms with Crippen LogP contribution in [0.15, 0.2) is 18.2 Å². The van der Waals surface area contributed by atoms with Crippen molar-refractivity contribution < 1.29 is 19.1 Å². The zero-order valence-electron chi connectivity index (χ0n) is 14.0. The number of thioether (sulfide) groups is 1. The van der Waals surface area contributed by atoms with E-state index in [0.717, 1.165) is 29.0 Å². The fourth-order valence-corrected chi connectivity index (χ4v) is 3.30. The van der Waals surface area contributed by atoms with Gasteiger partial charge in [-0.15, -0.1) is 0 Å². The van der Waals surface area contributed by atoms with E-state index in [4.69, 9.17) is 4.74 Å². The predicted octanol–water partition coefficient (Wildman–Crippen LogP) is 2.60. The van der Waals surface area contributed by atoms with E-state index in [9.17, 15) is 14.4 Å². The van der Waals surface area contributed by atoms with Gasteiger partial charge in [0.15, 0.2) is 6.61 Å². The molecule has 130 valence electrons. The van der Waals surface area contributed by atoms with E-state index < -0.39 is 5.97 Å². The van der Waals surface area contributed by atoms with Crippen molar-refractivity contribution in [2.45, 2.75) is 26.7 Å². The second kappa shape index (κ2) is 8.73. The number of hydrogen-bond donors (Lipinski definition) is 1. The maximum Gasteiger partial charge on any atom is 0.308 e. The van der Waals surface area contributed by atoms with Crippen molar-refractivity contribution in [3.8, 4) is 0 Å². The molecule has 24 heavy (non-hydrogen) atoms. The maximum atomic E-state index is 12.0. The van der Waals surface area contributed by atoms with Crippen LogP contribution in [0.3, 0.4) is 0 Å². The van der Waals surface area contributed by atoms with Crippen LogP contribution in [0.4, 0.5) is 10.5 Å². The molecule has 1 saturated heterocycles. The summed E-state index contributed by atoms with van der Waals surface area (Å²) in [5.41, 5.74) is 2.79. The molecule has 1 heterocycles. The van der Waals surface area contributed by atoms with Crippen LogP contribution in [0, 0.1) is 6.92 Å². The van der Waals surface area contributed by atoms with Gasteiger partial charge in [0.1, 0.15) is 0 Å². The van der Waals surface area contributed by atoms with E-state index in [1.165, 1.54) is 11.8 Å². The standard InChI is InChI=1S/C17H22N2O4S/c1-3-13-6-4-5-12(2)16(13)18-14(20)11-23-15(21)7-8-19-9-10-24-17(19)22/h4-6H,3,7-11H2,1-2H3,(H,18,20). The molecule has 7 heteroatoms. The van der Waals surface area contributed by atoms with Crippen LogP contribution in [0.25, 0.3) is 0 Å². The van der Waals surface area contributed by atoms with Crippen LogP contribution < -0.4 is 5.32 Å². The molecule has 2 amide bonds. The van der Waals surface area contributed by atoms with Gasteiger partial charge in [0, 0.05) is 24.5 Å². The Morgan fingerprint density at radius 1 is 1.38 bits per heavy atom. The minimum Gasteiger partial charge on any atom is -0.456 e. The van der Waals surface area contributed by atoms with Gasteiger partial charge in [0.05, 0.1) is 6.42 Å². The largest absolute Gasteiger partial charge is 0.456 e. The van der Waals surface area contributed by atoms with Crippen LogP contribution in [0.5, 0.6) is 0 Å². The van der Waals surface area contributed by atoms with Gasteiger partial charge in [-0.1, -0.05) is 36.9 Å². The zero-order chi connectivity index (χ0) is 17.5. The first-order valence-corrected chi connectivity index (χ1v) is 8.95. The molecule has 1 aromatic carbocycles. The van der Waals surface area contributed by atoms with Gasteiger partial charge < -0.3 is 15.0 Å². The van der Waals surface area contributed by atoms with Crippen molar-refractivity contribution >= 4 is 34.6 Å². The van der Waals surface area contributed by atoms with Crippen molar-refractivity contribution in [2.24, 2.45) is 0 Å². The molecule has 2 rings (SSSR count). The lowest BCUT2D eigenvalue weighted by Crippen LogP contribution is -2.28. The number of benzene rings is 1. The van der Waals surface area contributed by atoms with Gasteiger partial charge in [-0.25, -0.2) is 0 Å². The third-order valence-electron chi connectivity index (χ3n) is 3.80. The van der Waals surface area contributed by atoms with E-state index in [-0.39, 0.29) is 24.2 Å². The first-order chi connectivity index (χ1) is 11.5. The fraction of sp³-hybridized carbons (Fsp3) is 0.471. The molecule has 6 nitrogen and oxygen atoms in total. The summed E-state index contributed by atoms with van der Waals surface area (Å²) in [7, 11) is 0. The van der Waals surface area contributed by atoms with E-state index >= 15 is 0 Å². The minimum absolute atomic E-state index is 0.00723. The highest BCUT2D eigenvalue weighted by molar-refractivity contribution is 8.13. The number of hydrogen-bond acceptors (Lipinski definition) is 5. The average Bonchev–Trinajstić information content (AvgIpc) is 2.98. The van der Waals surface area contributed by atoms with Crippen LogP contribution in [0.2, 0.25) is 0 Å². The second-order valence-electron chi connectivity index (χ2n) is 5.52. The molecular formula is C17H22N2O4S. The van der Waals surface area contributed by atoms with Crippen molar-refractivity contribution in [3.63, 3.8) is 0 Å². The second-order valence-corrected chi connectivity index (χ2v) is 6.57. The number of carbonyl (C=O) groups is 3. The quantitative estimate of drug-likeness (QED) is 0.765. The molecule has 0 aromatic heterocycles.